The van der Waals surface area contributed by atoms with E-state index in [0.717, 1.165) is 5.69 Å². The van der Waals surface area contributed by atoms with Crippen LogP contribution in [0.3, 0.4) is 0 Å². The highest BCUT2D eigenvalue weighted by Crippen LogP contribution is 2.39. The first kappa shape index (κ1) is 12.0. The van der Waals surface area contributed by atoms with Crippen LogP contribution in [0.15, 0.2) is 23.2 Å². The zero-order chi connectivity index (χ0) is 11.6. The molecule has 0 radical (unpaired) electrons. The van der Waals surface area contributed by atoms with Crippen LogP contribution in [0.1, 0.15) is 45.7 Å². The molecule has 1 aliphatic heterocycles. The third kappa shape index (κ3) is 1.97. The summed E-state index contributed by atoms with van der Waals surface area (Å²) in [6, 6.07) is 6.48. The maximum atomic E-state index is 4.56. The molecule has 15 heavy (non-hydrogen) atoms. The Kier molecular flexibility index (Phi) is 3.33. The summed E-state index contributed by atoms with van der Waals surface area (Å²) < 4.78 is 0. The number of hydrogen-bond acceptors (Lipinski definition) is 1. The standard InChI is InChI=1S/C12H15N.C2H6/c1-8-5-6-11-10(7-8)12(3,4)9(2)13-11;1-2/h5-7H,1-4H3;1-2H3. The third-order valence-corrected chi connectivity index (χ3v) is 3.02. The smallest absolute Gasteiger partial charge is 0.0670 e. The summed E-state index contributed by atoms with van der Waals surface area (Å²) >= 11 is 0. The molecule has 2 rings (SSSR count). The van der Waals surface area contributed by atoms with Crippen molar-refractivity contribution in [1.29, 1.82) is 0 Å². The Balaban J connectivity index is 0.000000531. The predicted molar refractivity (Wildman–Crippen MR) is 68.3 cm³/mol. The second kappa shape index (κ2) is 4.18. The van der Waals surface area contributed by atoms with Crippen LogP contribution >= 0.6 is 0 Å². The topological polar surface area (TPSA) is 12.4 Å². The summed E-state index contributed by atoms with van der Waals surface area (Å²) in [6.45, 7) is 12.7. The van der Waals surface area contributed by atoms with Gasteiger partial charge in [0.2, 0.25) is 0 Å². The van der Waals surface area contributed by atoms with Gasteiger partial charge in [0, 0.05) is 11.1 Å². The first-order chi connectivity index (χ1) is 7.01. The monoisotopic (exact) mass is 203 g/mol. The van der Waals surface area contributed by atoms with Crippen molar-refractivity contribution in [3.05, 3.63) is 29.3 Å². The minimum atomic E-state index is 0.126. The van der Waals surface area contributed by atoms with Crippen molar-refractivity contribution in [2.75, 3.05) is 0 Å². The van der Waals surface area contributed by atoms with E-state index in [0.29, 0.717) is 0 Å². The Morgan fingerprint density at radius 2 is 1.67 bits per heavy atom. The molecule has 0 spiro atoms. The van der Waals surface area contributed by atoms with Crippen molar-refractivity contribution in [2.24, 2.45) is 4.99 Å². The molecule has 1 aliphatic rings. The zero-order valence-electron chi connectivity index (χ0n) is 10.7. The Morgan fingerprint density at radius 3 is 2.27 bits per heavy atom. The Labute approximate surface area is 93.2 Å². The van der Waals surface area contributed by atoms with Crippen LogP contribution in [-0.4, -0.2) is 5.71 Å². The van der Waals surface area contributed by atoms with Crippen molar-refractivity contribution in [3.63, 3.8) is 0 Å². The largest absolute Gasteiger partial charge is 0.257 e. The molecule has 1 aromatic rings. The molecule has 0 fully saturated rings. The first-order valence-corrected chi connectivity index (χ1v) is 5.69. The van der Waals surface area contributed by atoms with Crippen LogP contribution < -0.4 is 0 Å². The molecule has 0 unspecified atom stereocenters. The number of rotatable bonds is 0. The Bertz CT molecular complexity index is 386. The third-order valence-electron chi connectivity index (χ3n) is 3.02. The van der Waals surface area contributed by atoms with Gasteiger partial charge in [0.05, 0.1) is 5.69 Å². The van der Waals surface area contributed by atoms with E-state index in [9.17, 15) is 0 Å². The zero-order valence-corrected chi connectivity index (χ0v) is 10.7. The highest BCUT2D eigenvalue weighted by atomic mass is 14.8. The number of aliphatic imine (C=N–C) groups is 1. The van der Waals surface area contributed by atoms with E-state index in [1.54, 1.807) is 0 Å². The van der Waals surface area contributed by atoms with E-state index >= 15 is 0 Å². The molecule has 0 saturated heterocycles. The van der Waals surface area contributed by atoms with Crippen LogP contribution in [0, 0.1) is 6.92 Å². The van der Waals surface area contributed by atoms with Crippen LogP contribution in [0.2, 0.25) is 0 Å². The first-order valence-electron chi connectivity index (χ1n) is 5.69. The van der Waals surface area contributed by atoms with Crippen molar-refractivity contribution < 1.29 is 0 Å². The van der Waals surface area contributed by atoms with E-state index in [-0.39, 0.29) is 5.41 Å². The maximum Gasteiger partial charge on any atom is 0.0670 e. The van der Waals surface area contributed by atoms with Crippen LogP contribution in [-0.2, 0) is 5.41 Å². The fourth-order valence-electron chi connectivity index (χ4n) is 1.76. The average Bonchev–Trinajstić information content (AvgIpc) is 2.43. The highest BCUT2D eigenvalue weighted by Gasteiger charge is 2.31. The van der Waals surface area contributed by atoms with Gasteiger partial charge in [-0.1, -0.05) is 45.4 Å². The summed E-state index contributed by atoms with van der Waals surface area (Å²) in [7, 11) is 0. The van der Waals surface area contributed by atoms with E-state index in [1.807, 2.05) is 13.8 Å². The van der Waals surface area contributed by atoms with Gasteiger partial charge in [0.25, 0.3) is 0 Å². The maximum absolute atomic E-state index is 4.56. The lowest BCUT2D eigenvalue weighted by Gasteiger charge is -2.20. The van der Waals surface area contributed by atoms with Crippen LogP contribution in [0.25, 0.3) is 0 Å². The van der Waals surface area contributed by atoms with Gasteiger partial charge in [-0.2, -0.15) is 0 Å². The summed E-state index contributed by atoms with van der Waals surface area (Å²) in [4.78, 5) is 4.56. The molecule has 0 bridgehead atoms. The van der Waals surface area contributed by atoms with Crippen LogP contribution in [0.4, 0.5) is 5.69 Å². The number of hydrogen-bond donors (Lipinski definition) is 0. The van der Waals surface area contributed by atoms with Crippen molar-refractivity contribution >= 4 is 11.4 Å². The van der Waals surface area contributed by atoms with Gasteiger partial charge in [0.1, 0.15) is 0 Å². The summed E-state index contributed by atoms with van der Waals surface area (Å²) in [5.74, 6) is 0. The number of benzene rings is 1. The number of nitrogens with zero attached hydrogens (tertiary/aromatic N) is 1. The van der Waals surface area contributed by atoms with Gasteiger partial charge in [-0.25, -0.2) is 0 Å². The minimum absolute atomic E-state index is 0.126. The molecule has 0 amide bonds. The van der Waals surface area contributed by atoms with E-state index in [2.05, 4.69) is 50.9 Å². The van der Waals surface area contributed by atoms with E-state index < -0.39 is 0 Å². The lowest BCUT2D eigenvalue weighted by Crippen LogP contribution is -2.22. The molecule has 0 saturated carbocycles. The summed E-state index contributed by atoms with van der Waals surface area (Å²) in [5.41, 5.74) is 5.17. The van der Waals surface area contributed by atoms with Gasteiger partial charge in [0.15, 0.2) is 0 Å². The van der Waals surface area contributed by atoms with Crippen molar-refractivity contribution in [2.45, 2.75) is 47.0 Å². The second-order valence-electron chi connectivity index (χ2n) is 4.34. The molecular weight excluding hydrogens is 182 g/mol. The molecule has 0 N–H and O–H groups in total. The van der Waals surface area contributed by atoms with Crippen molar-refractivity contribution in [3.8, 4) is 0 Å². The Morgan fingerprint density at radius 1 is 1.07 bits per heavy atom. The van der Waals surface area contributed by atoms with Gasteiger partial charge in [-0.15, -0.1) is 0 Å². The predicted octanol–water partition coefficient (Wildman–Crippen LogP) is 4.40. The molecule has 0 aromatic heterocycles. The summed E-state index contributed by atoms with van der Waals surface area (Å²) in [6.07, 6.45) is 0. The fraction of sp³-hybridized carbons (Fsp3) is 0.500. The summed E-state index contributed by atoms with van der Waals surface area (Å²) in [5, 5.41) is 0. The molecule has 1 aromatic carbocycles. The molecule has 1 nitrogen and oxygen atoms in total. The van der Waals surface area contributed by atoms with E-state index in [4.69, 9.17) is 0 Å². The van der Waals surface area contributed by atoms with E-state index in [1.165, 1.54) is 16.8 Å². The molecule has 1 heteroatoms. The lowest BCUT2D eigenvalue weighted by atomic mass is 9.82. The van der Waals surface area contributed by atoms with Gasteiger partial charge in [-0.3, -0.25) is 4.99 Å². The van der Waals surface area contributed by atoms with Gasteiger partial charge in [-0.05, 0) is 25.5 Å². The number of fused-ring (bicyclic) bond motifs is 1. The normalized spacial score (nSPS) is 16.3. The number of aryl methyl sites for hydroxylation is 1. The molecular formula is C14H21N. The molecule has 0 aliphatic carbocycles. The van der Waals surface area contributed by atoms with Crippen LogP contribution in [0.5, 0.6) is 0 Å². The molecule has 82 valence electrons. The highest BCUT2D eigenvalue weighted by molar-refractivity contribution is 5.99. The SMILES string of the molecule is CC.CC1=Nc2ccc(C)cc2C1(C)C. The molecule has 0 atom stereocenters. The van der Waals surface area contributed by atoms with Crippen molar-refractivity contribution in [1.82, 2.24) is 0 Å². The Hall–Kier alpha value is -1.11. The van der Waals surface area contributed by atoms with Gasteiger partial charge >= 0.3 is 0 Å². The van der Waals surface area contributed by atoms with Gasteiger partial charge < -0.3 is 0 Å². The second-order valence-corrected chi connectivity index (χ2v) is 4.34. The average molecular weight is 203 g/mol. The minimum Gasteiger partial charge on any atom is -0.257 e. The fourth-order valence-corrected chi connectivity index (χ4v) is 1.76. The lowest BCUT2D eigenvalue weighted by molar-refractivity contribution is 0.732. The quantitative estimate of drug-likeness (QED) is 0.592. The molecule has 1 heterocycles.